The number of nitrogens with one attached hydrogen (secondary N) is 2. The lowest BCUT2D eigenvalue weighted by atomic mass is 10.1. The smallest absolute Gasteiger partial charge is 0.319 e. The Morgan fingerprint density at radius 1 is 1.09 bits per heavy atom. The van der Waals surface area contributed by atoms with E-state index in [0.717, 1.165) is 29.0 Å². The molecule has 2 aromatic carbocycles. The van der Waals surface area contributed by atoms with Gasteiger partial charge in [0.25, 0.3) is 0 Å². The minimum atomic E-state index is -0.267. The zero-order valence-corrected chi connectivity index (χ0v) is 17.7. The lowest BCUT2D eigenvalue weighted by Gasteiger charge is -2.11. The number of benzene rings is 2. The number of rotatable bonds is 6. The molecule has 0 saturated heterocycles. The fraction of sp³-hybridized carbons (Fsp3) is 0.208. The monoisotopic (exact) mass is 429 g/mol. The molecule has 1 aliphatic rings. The van der Waals surface area contributed by atoms with Gasteiger partial charge in [-0.25, -0.2) is 14.8 Å². The number of carbonyl (C=O) groups is 1. The summed E-state index contributed by atoms with van der Waals surface area (Å²) in [7, 11) is 0. The molecule has 32 heavy (non-hydrogen) atoms. The summed E-state index contributed by atoms with van der Waals surface area (Å²) in [5.41, 5.74) is 4.59. The van der Waals surface area contributed by atoms with Crippen molar-refractivity contribution in [1.29, 1.82) is 0 Å². The lowest BCUT2D eigenvalue weighted by molar-refractivity contribution is 0.174. The fourth-order valence-electron chi connectivity index (χ4n) is 3.68. The highest BCUT2D eigenvalue weighted by Crippen LogP contribution is 2.34. The number of hydrogen-bond donors (Lipinski definition) is 2. The summed E-state index contributed by atoms with van der Waals surface area (Å²) in [6, 6.07) is 17.2. The molecule has 0 spiro atoms. The van der Waals surface area contributed by atoms with Crippen LogP contribution in [0, 0.1) is 6.92 Å². The Morgan fingerprint density at radius 2 is 1.94 bits per heavy atom. The number of hydrogen-bond acceptors (Lipinski definition) is 5. The van der Waals surface area contributed by atoms with E-state index < -0.39 is 0 Å². The fourth-order valence-corrected chi connectivity index (χ4v) is 3.68. The Bertz CT molecular complexity index is 1270. The number of nitrogens with zero attached hydrogens (tertiary/aromatic N) is 3. The first-order chi connectivity index (χ1) is 15.7. The van der Waals surface area contributed by atoms with Gasteiger partial charge in [-0.3, -0.25) is 0 Å². The first-order valence-corrected chi connectivity index (χ1v) is 10.5. The number of ether oxygens (including phenoxy) is 2. The zero-order valence-electron chi connectivity index (χ0n) is 17.7. The Labute approximate surface area is 185 Å². The van der Waals surface area contributed by atoms with Gasteiger partial charge in [0.2, 0.25) is 6.79 Å². The van der Waals surface area contributed by atoms with Gasteiger partial charge in [-0.05, 0) is 37.6 Å². The molecule has 0 radical (unpaired) electrons. The number of aryl methyl sites for hydroxylation is 2. The van der Waals surface area contributed by atoms with Crippen LogP contribution in [0.15, 0.2) is 60.8 Å². The normalized spacial score (nSPS) is 12.2. The largest absolute Gasteiger partial charge is 0.454 e. The molecule has 4 aromatic rings. The number of fused-ring (bicyclic) bond motifs is 2. The number of pyridine rings is 1. The third-order valence-corrected chi connectivity index (χ3v) is 5.29. The third-order valence-electron chi connectivity index (χ3n) is 5.29. The van der Waals surface area contributed by atoms with Gasteiger partial charge in [0, 0.05) is 36.6 Å². The topological polar surface area (TPSA) is 90.3 Å². The quantitative estimate of drug-likeness (QED) is 0.445. The number of urea groups is 1. The number of aromatic nitrogens is 3. The van der Waals surface area contributed by atoms with E-state index in [1.165, 1.54) is 5.56 Å². The molecule has 3 heterocycles. The van der Waals surface area contributed by atoms with Gasteiger partial charge in [0.1, 0.15) is 11.3 Å². The van der Waals surface area contributed by atoms with Crippen molar-refractivity contribution >= 4 is 22.9 Å². The highest BCUT2D eigenvalue weighted by atomic mass is 16.7. The first kappa shape index (κ1) is 19.9. The summed E-state index contributed by atoms with van der Waals surface area (Å²) in [6.45, 7) is 3.46. The molecule has 0 fully saturated rings. The molecule has 162 valence electrons. The van der Waals surface area contributed by atoms with Crippen molar-refractivity contribution in [3.05, 3.63) is 66.4 Å². The number of imidazole rings is 1. The van der Waals surface area contributed by atoms with Crippen LogP contribution in [0.1, 0.15) is 12.0 Å². The van der Waals surface area contributed by atoms with E-state index in [4.69, 9.17) is 14.5 Å². The maximum atomic E-state index is 12.3. The van der Waals surface area contributed by atoms with Gasteiger partial charge in [-0.15, -0.1) is 0 Å². The zero-order chi connectivity index (χ0) is 21.9. The van der Waals surface area contributed by atoms with Crippen molar-refractivity contribution in [2.45, 2.75) is 19.9 Å². The molecule has 5 rings (SSSR count). The van der Waals surface area contributed by atoms with Crippen molar-refractivity contribution in [3.63, 3.8) is 0 Å². The molecule has 2 amide bonds. The SMILES string of the molecule is Cc1ccc(-c2nc3cccnc3n2CCCNC(=O)Nc2ccc3c(c2)OCO3)cc1. The molecule has 8 nitrogen and oxygen atoms in total. The van der Waals surface area contributed by atoms with Gasteiger partial charge in [0.15, 0.2) is 17.1 Å². The molecule has 0 saturated carbocycles. The average molecular weight is 429 g/mol. The van der Waals surface area contributed by atoms with E-state index in [2.05, 4.69) is 51.4 Å². The van der Waals surface area contributed by atoms with Crippen LogP contribution >= 0.6 is 0 Å². The second-order valence-corrected chi connectivity index (χ2v) is 7.60. The van der Waals surface area contributed by atoms with Gasteiger partial charge in [0.05, 0.1) is 0 Å². The second-order valence-electron chi connectivity index (χ2n) is 7.60. The summed E-state index contributed by atoms with van der Waals surface area (Å²) in [6.07, 6.45) is 2.51. The highest BCUT2D eigenvalue weighted by molar-refractivity contribution is 5.89. The molecule has 0 unspecified atom stereocenters. The van der Waals surface area contributed by atoms with Gasteiger partial charge >= 0.3 is 6.03 Å². The summed E-state index contributed by atoms with van der Waals surface area (Å²) >= 11 is 0. The predicted molar refractivity (Wildman–Crippen MR) is 122 cm³/mol. The second kappa shape index (κ2) is 8.58. The summed E-state index contributed by atoms with van der Waals surface area (Å²) < 4.78 is 12.7. The van der Waals surface area contributed by atoms with Crippen LogP contribution in [0.4, 0.5) is 10.5 Å². The van der Waals surface area contributed by atoms with Crippen LogP contribution in [0.2, 0.25) is 0 Å². The highest BCUT2D eigenvalue weighted by Gasteiger charge is 2.15. The predicted octanol–water partition coefficient (Wildman–Crippen LogP) is 4.35. The Hall–Kier alpha value is -4.07. The van der Waals surface area contributed by atoms with Gasteiger partial charge < -0.3 is 24.7 Å². The molecule has 2 aromatic heterocycles. The average Bonchev–Trinajstić information content (AvgIpc) is 3.41. The van der Waals surface area contributed by atoms with Crippen molar-refractivity contribution < 1.29 is 14.3 Å². The summed E-state index contributed by atoms with van der Waals surface area (Å²) in [5.74, 6) is 2.19. The van der Waals surface area contributed by atoms with E-state index in [0.29, 0.717) is 30.3 Å². The molecule has 0 aliphatic carbocycles. The number of anilines is 1. The molecule has 0 atom stereocenters. The maximum Gasteiger partial charge on any atom is 0.319 e. The van der Waals surface area contributed by atoms with Crippen molar-refractivity contribution in [3.8, 4) is 22.9 Å². The third kappa shape index (κ3) is 4.07. The molecule has 0 bridgehead atoms. The van der Waals surface area contributed by atoms with Crippen LogP contribution in [0.3, 0.4) is 0 Å². The summed E-state index contributed by atoms with van der Waals surface area (Å²) in [4.78, 5) is 21.6. The molecular weight excluding hydrogens is 406 g/mol. The van der Waals surface area contributed by atoms with Crippen LogP contribution in [-0.2, 0) is 6.54 Å². The van der Waals surface area contributed by atoms with Crippen LogP contribution in [0.5, 0.6) is 11.5 Å². The maximum absolute atomic E-state index is 12.3. The minimum Gasteiger partial charge on any atom is -0.454 e. The number of carbonyl (C=O) groups excluding carboxylic acids is 1. The van der Waals surface area contributed by atoms with Gasteiger partial charge in [-0.1, -0.05) is 29.8 Å². The molecule has 2 N–H and O–H groups in total. The minimum absolute atomic E-state index is 0.202. The van der Waals surface area contributed by atoms with E-state index in [1.807, 2.05) is 12.1 Å². The van der Waals surface area contributed by atoms with Crippen LogP contribution in [-0.4, -0.2) is 33.9 Å². The van der Waals surface area contributed by atoms with Crippen LogP contribution in [0.25, 0.3) is 22.6 Å². The van der Waals surface area contributed by atoms with Crippen LogP contribution < -0.4 is 20.1 Å². The van der Waals surface area contributed by atoms with E-state index >= 15 is 0 Å². The molecule has 8 heteroatoms. The van der Waals surface area contributed by atoms with Crippen molar-refractivity contribution in [1.82, 2.24) is 19.9 Å². The Kier molecular flexibility index (Phi) is 5.33. The molecular formula is C24H23N5O3. The molecule has 1 aliphatic heterocycles. The van der Waals surface area contributed by atoms with E-state index in [9.17, 15) is 4.79 Å². The van der Waals surface area contributed by atoms with E-state index in [1.54, 1.807) is 24.4 Å². The van der Waals surface area contributed by atoms with E-state index in [-0.39, 0.29) is 12.8 Å². The standard InChI is InChI=1S/C24H23N5O3/c1-16-5-7-17(8-6-16)22-28-19-4-2-11-25-23(19)29(22)13-3-12-26-24(30)27-18-9-10-20-21(14-18)32-15-31-20/h2,4-11,14H,3,12-13,15H2,1H3,(H2,26,27,30). The van der Waals surface area contributed by atoms with Crippen molar-refractivity contribution in [2.75, 3.05) is 18.7 Å². The first-order valence-electron chi connectivity index (χ1n) is 10.5. The Balaban J connectivity index is 1.23. The van der Waals surface area contributed by atoms with Gasteiger partial charge in [-0.2, -0.15) is 0 Å². The van der Waals surface area contributed by atoms with Crippen molar-refractivity contribution in [2.24, 2.45) is 0 Å². The Morgan fingerprint density at radius 3 is 2.81 bits per heavy atom. The summed E-state index contributed by atoms with van der Waals surface area (Å²) in [5, 5.41) is 5.72. The number of amides is 2. The lowest BCUT2D eigenvalue weighted by Crippen LogP contribution is -2.30.